The number of benzene rings is 2. The van der Waals surface area contributed by atoms with Crippen LogP contribution in [0.1, 0.15) is 70.0 Å². The summed E-state index contributed by atoms with van der Waals surface area (Å²) in [7, 11) is 3.76. The quantitative estimate of drug-likeness (QED) is 0.215. The van der Waals surface area contributed by atoms with Gasteiger partial charge in [0.05, 0.1) is 11.4 Å². The molecule has 3 N–H and O–H groups in total. The second-order valence-electron chi connectivity index (χ2n) is 12.9. The van der Waals surface area contributed by atoms with Crippen LogP contribution < -0.4 is 15.8 Å². The lowest BCUT2D eigenvalue weighted by Crippen LogP contribution is -2.44. The van der Waals surface area contributed by atoms with Crippen LogP contribution in [0.25, 0.3) is 22.3 Å². The van der Waals surface area contributed by atoms with E-state index in [-0.39, 0.29) is 23.4 Å². The molecule has 1 atom stereocenters. The molecular formula is C34H40N8O3. The third-order valence-corrected chi connectivity index (χ3v) is 8.33. The zero-order valence-corrected chi connectivity index (χ0v) is 26.4. The van der Waals surface area contributed by atoms with Crippen molar-refractivity contribution in [1.29, 1.82) is 0 Å². The first-order valence-corrected chi connectivity index (χ1v) is 15.3. The number of nitrogens with zero attached hydrogens (tertiary/aromatic N) is 6. The summed E-state index contributed by atoms with van der Waals surface area (Å²) in [5, 5.41) is 13.3. The highest BCUT2D eigenvalue weighted by Crippen LogP contribution is 2.37. The smallest absolute Gasteiger partial charge is 0.243 e. The van der Waals surface area contributed by atoms with E-state index in [1.54, 1.807) is 0 Å². The molecule has 0 aliphatic heterocycles. The highest BCUT2D eigenvalue weighted by molar-refractivity contribution is 5.98. The summed E-state index contributed by atoms with van der Waals surface area (Å²) in [5.74, 6) is 2.57. The molecule has 5 aromatic rings. The van der Waals surface area contributed by atoms with Crippen LogP contribution in [0.5, 0.6) is 11.5 Å². The van der Waals surface area contributed by atoms with Gasteiger partial charge in [-0.25, -0.2) is 14.6 Å². The normalized spacial score (nSPS) is 17.8. The molecule has 234 valence electrons. The number of fused-ring (bicyclic) bond motifs is 1. The molecule has 0 unspecified atom stereocenters. The van der Waals surface area contributed by atoms with Crippen molar-refractivity contribution in [2.24, 2.45) is 0 Å². The van der Waals surface area contributed by atoms with E-state index in [1.807, 2.05) is 84.3 Å². The number of aromatic nitrogens is 5. The number of rotatable bonds is 8. The third kappa shape index (κ3) is 6.39. The van der Waals surface area contributed by atoms with E-state index < -0.39 is 6.04 Å². The number of para-hydroxylation sites is 1. The molecule has 0 bridgehead atoms. The maximum absolute atomic E-state index is 13.5. The Bertz CT molecular complexity index is 1770. The molecule has 3 aromatic heterocycles. The lowest BCUT2D eigenvalue weighted by Gasteiger charge is -2.31. The molecule has 2 aromatic carbocycles. The van der Waals surface area contributed by atoms with Crippen LogP contribution in [0.2, 0.25) is 0 Å². The summed E-state index contributed by atoms with van der Waals surface area (Å²) in [4.78, 5) is 24.2. The minimum Gasteiger partial charge on any atom is -0.457 e. The van der Waals surface area contributed by atoms with E-state index >= 15 is 0 Å². The lowest BCUT2D eigenvalue weighted by molar-refractivity contribution is -0.127. The SMILES string of the molecule is CN(C)[C@@H](C(=O)N[C@H]1CC[C@@H](n2nc(-c3ccc(Oc4ccccc4)cc3)c3c(N)ncnc32)CC1)c1cc(C(C)(C)C)on1. The monoisotopic (exact) mass is 608 g/mol. The zero-order valence-electron chi connectivity index (χ0n) is 26.4. The fraction of sp³-hybridized carbons (Fsp3) is 0.382. The van der Waals surface area contributed by atoms with Gasteiger partial charge in [-0.1, -0.05) is 44.1 Å². The van der Waals surface area contributed by atoms with Crippen LogP contribution in [0.15, 0.2) is 71.5 Å². The Morgan fingerprint density at radius 3 is 2.36 bits per heavy atom. The molecule has 3 heterocycles. The van der Waals surface area contributed by atoms with Gasteiger partial charge in [0.25, 0.3) is 0 Å². The Morgan fingerprint density at radius 2 is 1.71 bits per heavy atom. The van der Waals surface area contributed by atoms with Crippen molar-refractivity contribution in [2.75, 3.05) is 19.8 Å². The average Bonchev–Trinajstić information content (AvgIpc) is 3.65. The highest BCUT2D eigenvalue weighted by atomic mass is 16.5. The van der Waals surface area contributed by atoms with Crippen molar-refractivity contribution >= 4 is 22.8 Å². The van der Waals surface area contributed by atoms with E-state index in [0.717, 1.165) is 59.6 Å². The minimum absolute atomic E-state index is 0.0448. The fourth-order valence-corrected chi connectivity index (χ4v) is 5.91. The van der Waals surface area contributed by atoms with Crippen LogP contribution in [0.3, 0.4) is 0 Å². The number of ether oxygens (including phenoxy) is 1. The molecular weight excluding hydrogens is 568 g/mol. The van der Waals surface area contributed by atoms with Crippen LogP contribution in [-0.2, 0) is 10.2 Å². The van der Waals surface area contributed by atoms with Crippen molar-refractivity contribution in [3.05, 3.63) is 78.4 Å². The molecule has 11 heteroatoms. The number of carbonyl (C=O) groups is 1. The van der Waals surface area contributed by atoms with Crippen molar-refractivity contribution in [2.45, 2.75) is 70.0 Å². The van der Waals surface area contributed by atoms with Gasteiger partial charge in [0.2, 0.25) is 5.91 Å². The summed E-state index contributed by atoms with van der Waals surface area (Å²) < 4.78 is 13.5. The molecule has 1 aliphatic carbocycles. The van der Waals surface area contributed by atoms with E-state index in [0.29, 0.717) is 17.2 Å². The van der Waals surface area contributed by atoms with Crippen LogP contribution in [-0.4, -0.2) is 55.8 Å². The zero-order chi connectivity index (χ0) is 31.7. The average molecular weight is 609 g/mol. The molecule has 0 saturated heterocycles. The number of hydrogen-bond donors (Lipinski definition) is 2. The number of amides is 1. The van der Waals surface area contributed by atoms with Gasteiger partial charge in [0.15, 0.2) is 5.65 Å². The van der Waals surface area contributed by atoms with Crippen LogP contribution in [0.4, 0.5) is 5.82 Å². The molecule has 0 radical (unpaired) electrons. The summed E-state index contributed by atoms with van der Waals surface area (Å²) >= 11 is 0. The van der Waals surface area contributed by atoms with Crippen LogP contribution >= 0.6 is 0 Å². The summed E-state index contributed by atoms with van der Waals surface area (Å²) in [6, 6.07) is 19.0. The van der Waals surface area contributed by atoms with Crippen LogP contribution in [0, 0.1) is 0 Å². The maximum atomic E-state index is 13.5. The fourth-order valence-electron chi connectivity index (χ4n) is 5.91. The van der Waals surface area contributed by atoms with Gasteiger partial charge in [-0.3, -0.25) is 9.69 Å². The molecule has 0 spiro atoms. The van der Waals surface area contributed by atoms with E-state index in [1.165, 1.54) is 6.33 Å². The number of hydrogen-bond acceptors (Lipinski definition) is 9. The molecule has 6 rings (SSSR count). The Labute approximate surface area is 262 Å². The molecule has 1 saturated carbocycles. The van der Waals surface area contributed by atoms with Gasteiger partial charge in [0, 0.05) is 23.1 Å². The number of nitrogens with one attached hydrogen (secondary N) is 1. The summed E-state index contributed by atoms with van der Waals surface area (Å²) in [6.45, 7) is 6.18. The molecule has 1 amide bonds. The molecule has 45 heavy (non-hydrogen) atoms. The van der Waals surface area contributed by atoms with Gasteiger partial charge in [0.1, 0.15) is 46.8 Å². The van der Waals surface area contributed by atoms with Crippen molar-refractivity contribution in [1.82, 2.24) is 35.1 Å². The number of carbonyl (C=O) groups excluding carboxylic acids is 1. The van der Waals surface area contributed by atoms with E-state index in [2.05, 4.69) is 41.2 Å². The Kier molecular flexibility index (Phi) is 8.28. The molecule has 11 nitrogen and oxygen atoms in total. The first-order chi connectivity index (χ1) is 21.6. The van der Waals surface area contributed by atoms with E-state index in [4.69, 9.17) is 20.1 Å². The van der Waals surface area contributed by atoms with Gasteiger partial charge >= 0.3 is 0 Å². The van der Waals surface area contributed by atoms with Crippen molar-refractivity contribution in [3.8, 4) is 22.8 Å². The third-order valence-electron chi connectivity index (χ3n) is 8.33. The Morgan fingerprint density at radius 1 is 1.02 bits per heavy atom. The number of likely N-dealkylation sites (N-methyl/N-ethyl adjacent to an activating group) is 1. The summed E-state index contributed by atoms with van der Waals surface area (Å²) in [5.41, 5.74) is 9.15. The van der Waals surface area contributed by atoms with Crippen molar-refractivity contribution in [3.63, 3.8) is 0 Å². The minimum atomic E-state index is -0.538. The second-order valence-corrected chi connectivity index (χ2v) is 12.9. The number of nitrogen functional groups attached to an aromatic ring is 1. The number of anilines is 1. The lowest BCUT2D eigenvalue weighted by atomic mass is 9.90. The molecule has 1 aliphatic rings. The largest absolute Gasteiger partial charge is 0.457 e. The Hall–Kier alpha value is -4.77. The van der Waals surface area contributed by atoms with Gasteiger partial charge < -0.3 is 20.3 Å². The second kappa shape index (κ2) is 12.3. The predicted molar refractivity (Wildman–Crippen MR) is 173 cm³/mol. The topological polar surface area (TPSA) is 137 Å². The standard InChI is InChI=1S/C34H40N8O3/c1-34(2,3)27-19-26(40-45-27)30(41(4)5)33(43)38-22-13-15-23(16-14-22)42-32-28(31(35)36-20-37-32)29(39-42)21-11-17-25(18-12-21)44-24-9-7-6-8-10-24/h6-12,17-20,22-23,30H,13-16H2,1-5H3,(H,38,43)(H2,35,36,37)/t22-,23+,30-/m1/s1. The van der Waals surface area contributed by atoms with Gasteiger partial charge in [-0.15, -0.1) is 0 Å². The first-order valence-electron chi connectivity index (χ1n) is 15.3. The Balaban J connectivity index is 1.16. The summed E-state index contributed by atoms with van der Waals surface area (Å²) in [6.07, 6.45) is 4.77. The first kappa shape index (κ1) is 30.3. The van der Waals surface area contributed by atoms with E-state index in [9.17, 15) is 4.79 Å². The highest BCUT2D eigenvalue weighted by Gasteiger charge is 2.33. The molecule has 1 fully saturated rings. The van der Waals surface area contributed by atoms with Gasteiger partial charge in [-0.05, 0) is 76.2 Å². The van der Waals surface area contributed by atoms with Gasteiger partial charge in [-0.2, -0.15) is 5.10 Å². The maximum Gasteiger partial charge on any atom is 0.243 e. The van der Waals surface area contributed by atoms with Crippen molar-refractivity contribution < 1.29 is 14.1 Å². The predicted octanol–water partition coefficient (Wildman–Crippen LogP) is 6.06. The number of nitrogens with two attached hydrogens (primary N) is 1.